The first kappa shape index (κ1) is 16.8. The summed E-state index contributed by atoms with van der Waals surface area (Å²) in [6.07, 6.45) is 0. The van der Waals surface area contributed by atoms with Crippen molar-refractivity contribution in [3.63, 3.8) is 0 Å². The molecule has 0 saturated carbocycles. The van der Waals surface area contributed by atoms with Crippen LogP contribution in [0, 0.1) is 13.8 Å². The summed E-state index contributed by atoms with van der Waals surface area (Å²) in [4.78, 5) is 22.8. The summed E-state index contributed by atoms with van der Waals surface area (Å²) >= 11 is 0. The van der Waals surface area contributed by atoms with Gasteiger partial charge < -0.3 is 19.6 Å². The summed E-state index contributed by atoms with van der Waals surface area (Å²) in [5, 5.41) is 11.2. The molecule has 2 N–H and O–H groups in total. The largest absolute Gasteiger partial charge is 0.480 e. The second-order valence-electron chi connectivity index (χ2n) is 5.06. The fourth-order valence-corrected chi connectivity index (χ4v) is 2.18. The number of aliphatic carboxylic acids is 1. The Morgan fingerprint density at radius 3 is 2.57 bits per heavy atom. The number of benzene rings is 1. The van der Waals surface area contributed by atoms with Crippen molar-refractivity contribution in [2.75, 3.05) is 19.8 Å². The number of nitrogens with one attached hydrogen (secondary N) is 1. The van der Waals surface area contributed by atoms with E-state index in [1.807, 2.05) is 44.2 Å². The molecule has 122 valence electrons. The second kappa shape index (κ2) is 7.60. The molecule has 6 nitrogen and oxygen atoms in total. The van der Waals surface area contributed by atoms with Crippen molar-refractivity contribution in [1.82, 2.24) is 5.32 Å². The number of carboxylic acid groups (broad SMARTS) is 1. The van der Waals surface area contributed by atoms with Crippen molar-refractivity contribution in [3.05, 3.63) is 47.2 Å². The molecule has 0 fully saturated rings. The SMILES string of the molecule is Cc1oc(-c2ccccc2)c(C(=O)NCCOCC(=O)O)c1C. The van der Waals surface area contributed by atoms with Gasteiger partial charge in [-0.2, -0.15) is 0 Å². The molecular formula is C17H19NO5. The fraction of sp³-hybridized carbons (Fsp3) is 0.294. The predicted octanol–water partition coefficient (Wildman–Crippen LogP) is 2.39. The lowest BCUT2D eigenvalue weighted by atomic mass is 10.0. The van der Waals surface area contributed by atoms with Gasteiger partial charge in [-0.15, -0.1) is 0 Å². The van der Waals surface area contributed by atoms with Crippen LogP contribution in [0.2, 0.25) is 0 Å². The molecule has 1 aromatic heterocycles. The van der Waals surface area contributed by atoms with Gasteiger partial charge in [0.1, 0.15) is 18.1 Å². The van der Waals surface area contributed by atoms with Crippen LogP contribution < -0.4 is 5.32 Å². The van der Waals surface area contributed by atoms with Gasteiger partial charge in [0, 0.05) is 17.7 Å². The van der Waals surface area contributed by atoms with Gasteiger partial charge in [0.05, 0.1) is 12.2 Å². The van der Waals surface area contributed by atoms with Gasteiger partial charge >= 0.3 is 5.97 Å². The minimum atomic E-state index is -1.04. The molecule has 1 amide bonds. The summed E-state index contributed by atoms with van der Waals surface area (Å²) in [5.41, 5.74) is 2.11. The van der Waals surface area contributed by atoms with E-state index in [-0.39, 0.29) is 25.7 Å². The second-order valence-corrected chi connectivity index (χ2v) is 5.06. The molecular weight excluding hydrogens is 298 g/mol. The van der Waals surface area contributed by atoms with E-state index in [0.29, 0.717) is 17.1 Å². The monoisotopic (exact) mass is 317 g/mol. The van der Waals surface area contributed by atoms with Crippen LogP contribution in [0.15, 0.2) is 34.7 Å². The first-order valence-corrected chi connectivity index (χ1v) is 7.24. The molecule has 0 radical (unpaired) electrons. The lowest BCUT2D eigenvalue weighted by Crippen LogP contribution is -2.28. The minimum absolute atomic E-state index is 0.134. The van der Waals surface area contributed by atoms with Crippen LogP contribution >= 0.6 is 0 Å². The van der Waals surface area contributed by atoms with Gasteiger partial charge in [0.2, 0.25) is 0 Å². The molecule has 0 aliphatic heterocycles. The highest BCUT2D eigenvalue weighted by atomic mass is 16.5. The summed E-state index contributed by atoms with van der Waals surface area (Å²) in [7, 11) is 0. The van der Waals surface area contributed by atoms with E-state index in [4.69, 9.17) is 14.3 Å². The molecule has 0 aliphatic rings. The average Bonchev–Trinajstić information content (AvgIpc) is 2.83. The zero-order chi connectivity index (χ0) is 16.8. The molecule has 0 saturated heterocycles. The maximum Gasteiger partial charge on any atom is 0.329 e. The third-order valence-electron chi connectivity index (χ3n) is 3.41. The maximum atomic E-state index is 12.4. The summed E-state index contributed by atoms with van der Waals surface area (Å²) in [6, 6.07) is 9.41. The average molecular weight is 317 g/mol. The Balaban J connectivity index is 2.09. The smallest absolute Gasteiger partial charge is 0.329 e. The lowest BCUT2D eigenvalue weighted by molar-refractivity contribution is -0.142. The van der Waals surface area contributed by atoms with E-state index >= 15 is 0 Å². The van der Waals surface area contributed by atoms with Gasteiger partial charge in [-0.25, -0.2) is 4.79 Å². The zero-order valence-electron chi connectivity index (χ0n) is 13.1. The molecule has 1 aromatic carbocycles. The first-order valence-electron chi connectivity index (χ1n) is 7.24. The van der Waals surface area contributed by atoms with Crippen molar-refractivity contribution in [3.8, 4) is 11.3 Å². The van der Waals surface area contributed by atoms with Crippen molar-refractivity contribution in [2.24, 2.45) is 0 Å². The van der Waals surface area contributed by atoms with Gasteiger partial charge in [0.15, 0.2) is 0 Å². The predicted molar refractivity (Wildman–Crippen MR) is 84.4 cm³/mol. The van der Waals surface area contributed by atoms with Gasteiger partial charge in [-0.1, -0.05) is 30.3 Å². The maximum absolute atomic E-state index is 12.4. The van der Waals surface area contributed by atoms with Crippen LogP contribution in [0.25, 0.3) is 11.3 Å². The Morgan fingerprint density at radius 1 is 1.22 bits per heavy atom. The highest BCUT2D eigenvalue weighted by Gasteiger charge is 2.22. The highest BCUT2D eigenvalue weighted by Crippen LogP contribution is 2.30. The molecule has 0 bridgehead atoms. The Morgan fingerprint density at radius 2 is 1.91 bits per heavy atom. The molecule has 0 atom stereocenters. The molecule has 23 heavy (non-hydrogen) atoms. The van der Waals surface area contributed by atoms with Gasteiger partial charge in [0.25, 0.3) is 5.91 Å². The van der Waals surface area contributed by atoms with E-state index in [2.05, 4.69) is 5.32 Å². The third kappa shape index (κ3) is 4.20. The quantitative estimate of drug-likeness (QED) is 0.765. The van der Waals surface area contributed by atoms with Crippen LogP contribution in [-0.2, 0) is 9.53 Å². The van der Waals surface area contributed by atoms with Gasteiger partial charge in [-0.3, -0.25) is 4.79 Å². The highest BCUT2D eigenvalue weighted by molar-refractivity contribution is 6.01. The van der Waals surface area contributed by atoms with Crippen molar-refractivity contribution in [1.29, 1.82) is 0 Å². The van der Waals surface area contributed by atoms with Crippen molar-refractivity contribution >= 4 is 11.9 Å². The van der Waals surface area contributed by atoms with E-state index in [1.54, 1.807) is 0 Å². The Kier molecular flexibility index (Phi) is 5.54. The summed E-state index contributed by atoms with van der Waals surface area (Å²) in [5.74, 6) is -0.0817. The number of carbonyl (C=O) groups is 2. The number of aryl methyl sites for hydroxylation is 1. The van der Waals surface area contributed by atoms with Crippen molar-refractivity contribution < 1.29 is 23.8 Å². The molecule has 2 rings (SSSR count). The van der Waals surface area contributed by atoms with Crippen molar-refractivity contribution in [2.45, 2.75) is 13.8 Å². The van der Waals surface area contributed by atoms with Gasteiger partial charge in [-0.05, 0) is 13.8 Å². The number of hydrogen-bond donors (Lipinski definition) is 2. The number of carbonyl (C=O) groups excluding carboxylic acids is 1. The van der Waals surface area contributed by atoms with E-state index in [0.717, 1.165) is 11.1 Å². The van der Waals surface area contributed by atoms with Crippen LogP contribution in [-0.4, -0.2) is 36.7 Å². The molecule has 0 aliphatic carbocycles. The number of furan rings is 1. The van der Waals surface area contributed by atoms with Crippen LogP contribution in [0.3, 0.4) is 0 Å². The minimum Gasteiger partial charge on any atom is -0.480 e. The van der Waals surface area contributed by atoms with E-state index in [1.165, 1.54) is 0 Å². The normalized spacial score (nSPS) is 10.5. The Hall–Kier alpha value is -2.60. The Bertz CT molecular complexity index is 691. The molecule has 1 heterocycles. The fourth-order valence-electron chi connectivity index (χ4n) is 2.18. The first-order chi connectivity index (χ1) is 11.0. The third-order valence-corrected chi connectivity index (χ3v) is 3.41. The number of rotatable bonds is 7. The zero-order valence-corrected chi connectivity index (χ0v) is 13.1. The number of carboxylic acids is 1. The Labute approximate surface area is 134 Å². The summed E-state index contributed by atoms with van der Waals surface area (Å²) < 4.78 is 10.6. The number of amides is 1. The van der Waals surface area contributed by atoms with Crippen LogP contribution in [0.5, 0.6) is 0 Å². The van der Waals surface area contributed by atoms with E-state index in [9.17, 15) is 9.59 Å². The topological polar surface area (TPSA) is 88.8 Å². The van der Waals surface area contributed by atoms with Crippen LogP contribution in [0.1, 0.15) is 21.7 Å². The number of ether oxygens (including phenoxy) is 1. The standard InChI is InChI=1S/C17H19NO5/c1-11-12(2)23-16(13-6-4-3-5-7-13)15(11)17(21)18-8-9-22-10-14(19)20/h3-7H,8-10H2,1-2H3,(H,18,21)(H,19,20). The lowest BCUT2D eigenvalue weighted by Gasteiger charge is -2.07. The van der Waals surface area contributed by atoms with Crippen LogP contribution in [0.4, 0.5) is 0 Å². The molecule has 0 spiro atoms. The summed E-state index contributed by atoms with van der Waals surface area (Å²) in [6.45, 7) is 3.63. The molecule has 6 heteroatoms. The molecule has 0 unspecified atom stereocenters. The number of hydrogen-bond acceptors (Lipinski definition) is 4. The molecule has 2 aromatic rings. The van der Waals surface area contributed by atoms with E-state index < -0.39 is 5.97 Å².